The molecule has 2 aliphatic heterocycles. The van der Waals surface area contributed by atoms with E-state index < -0.39 is 66.1 Å². The van der Waals surface area contributed by atoms with E-state index >= 15 is 0 Å². The van der Waals surface area contributed by atoms with Crippen molar-refractivity contribution in [1.82, 2.24) is 5.32 Å². The Hall–Kier alpha value is -3.03. The molecule has 2 heterocycles. The number of hydrogen-bond donors (Lipinski definition) is 5. The van der Waals surface area contributed by atoms with Crippen LogP contribution in [0.15, 0.2) is 18.2 Å². The Morgan fingerprint density at radius 1 is 1.14 bits per heavy atom. The van der Waals surface area contributed by atoms with Crippen molar-refractivity contribution in [2.24, 2.45) is 11.3 Å². The van der Waals surface area contributed by atoms with E-state index in [-0.39, 0.29) is 48.5 Å². The molecule has 1 saturated heterocycles. The Balaban J connectivity index is 1.74. The van der Waals surface area contributed by atoms with E-state index in [0.29, 0.717) is 11.1 Å². The summed E-state index contributed by atoms with van der Waals surface area (Å²) in [6.07, 6.45) is -6.65. The van der Waals surface area contributed by atoms with Gasteiger partial charge in [-0.15, -0.1) is 6.58 Å². The van der Waals surface area contributed by atoms with Crippen LogP contribution in [0.4, 0.5) is 0 Å². The fourth-order valence-corrected chi connectivity index (χ4v) is 5.65. The summed E-state index contributed by atoms with van der Waals surface area (Å²) in [5.41, 5.74) is 0.607. The highest BCUT2D eigenvalue weighted by atomic mass is 16.6. The van der Waals surface area contributed by atoms with E-state index in [2.05, 4.69) is 11.9 Å². The standard InChI is InChI=1S/C31H45NO11/c1-14(2)9-22(40-7)27(37)28(38)32-29(41-8)23-13-24(36)31(5,6)25(42-23)12-19(34)16(4)21-10-17-15(3)18(33)11-20(35)26(17)30(39)43-21/h11,16,19,21-23,25,27,29,33-35,37H,1,9-10,12-13H2,2-8H3,(H,32,38)/t16?,19?,21?,22?,23-,25+,27?,29-/m0/s1. The van der Waals surface area contributed by atoms with Gasteiger partial charge in [-0.25, -0.2) is 4.79 Å². The minimum absolute atomic E-state index is 0.00104. The number of cyclic esters (lactones) is 1. The highest BCUT2D eigenvalue weighted by Crippen LogP contribution is 2.40. The van der Waals surface area contributed by atoms with Crippen LogP contribution in [0.5, 0.6) is 11.5 Å². The number of hydrogen-bond acceptors (Lipinski definition) is 11. The number of nitrogens with one attached hydrogen (secondary N) is 1. The molecule has 0 radical (unpaired) electrons. The van der Waals surface area contributed by atoms with Crippen LogP contribution in [0.2, 0.25) is 0 Å². The summed E-state index contributed by atoms with van der Waals surface area (Å²) in [5.74, 6) is -2.82. The Labute approximate surface area is 252 Å². The molecule has 1 amide bonds. The Kier molecular flexibility index (Phi) is 11.0. The van der Waals surface area contributed by atoms with Gasteiger partial charge in [0.25, 0.3) is 5.91 Å². The largest absolute Gasteiger partial charge is 0.508 e. The average Bonchev–Trinajstić information content (AvgIpc) is 2.94. The van der Waals surface area contributed by atoms with Crippen LogP contribution in [0.3, 0.4) is 0 Å². The second-order valence-electron chi connectivity index (χ2n) is 12.3. The predicted octanol–water partition coefficient (Wildman–Crippen LogP) is 2.06. The number of Topliss-reactive ketones (excluding diaryl/α,β-unsaturated/α-hetero) is 1. The second-order valence-corrected chi connectivity index (χ2v) is 12.3. The summed E-state index contributed by atoms with van der Waals surface area (Å²) in [6.45, 7) is 12.3. The molecule has 3 rings (SSSR count). The lowest BCUT2D eigenvalue weighted by molar-refractivity contribution is -0.188. The first-order chi connectivity index (χ1) is 20.0. The molecular formula is C31H45NO11. The molecule has 5 unspecified atom stereocenters. The van der Waals surface area contributed by atoms with Gasteiger partial charge in [-0.2, -0.15) is 0 Å². The maximum Gasteiger partial charge on any atom is 0.342 e. The fraction of sp³-hybridized carbons (Fsp3) is 0.645. The number of aliphatic hydroxyl groups is 2. The third-order valence-electron chi connectivity index (χ3n) is 8.78. The summed E-state index contributed by atoms with van der Waals surface area (Å²) in [4.78, 5) is 38.9. The highest BCUT2D eigenvalue weighted by Gasteiger charge is 2.48. The van der Waals surface area contributed by atoms with Gasteiger partial charge in [0.1, 0.15) is 35.1 Å². The van der Waals surface area contributed by atoms with Crippen LogP contribution in [0.1, 0.15) is 68.4 Å². The van der Waals surface area contributed by atoms with Crippen LogP contribution in [0.25, 0.3) is 0 Å². The Bertz CT molecular complexity index is 1230. The van der Waals surface area contributed by atoms with Crippen LogP contribution in [0, 0.1) is 18.3 Å². The molecule has 5 N–H and O–H groups in total. The van der Waals surface area contributed by atoms with E-state index in [1.165, 1.54) is 14.2 Å². The molecule has 43 heavy (non-hydrogen) atoms. The summed E-state index contributed by atoms with van der Waals surface area (Å²) >= 11 is 0. The second kappa shape index (κ2) is 13.7. The molecule has 12 nitrogen and oxygen atoms in total. The van der Waals surface area contributed by atoms with Crippen LogP contribution >= 0.6 is 0 Å². The highest BCUT2D eigenvalue weighted by molar-refractivity contribution is 5.96. The normalized spacial score (nSPS) is 25.1. The minimum Gasteiger partial charge on any atom is -0.508 e. The molecule has 0 bridgehead atoms. The smallest absolute Gasteiger partial charge is 0.342 e. The zero-order chi connectivity index (χ0) is 32.4. The molecule has 0 spiro atoms. The van der Waals surface area contributed by atoms with Gasteiger partial charge < -0.3 is 44.7 Å². The zero-order valence-electron chi connectivity index (χ0n) is 25.9. The lowest BCUT2D eigenvalue weighted by atomic mass is 9.74. The number of carbonyl (C=O) groups is 3. The van der Waals surface area contributed by atoms with Gasteiger partial charge in [-0.1, -0.05) is 26.3 Å². The first-order valence-electron chi connectivity index (χ1n) is 14.3. The number of carbonyl (C=O) groups excluding carboxylic acids is 3. The molecule has 240 valence electrons. The summed E-state index contributed by atoms with van der Waals surface area (Å²) in [6, 6.07) is 1.10. The van der Waals surface area contributed by atoms with Crippen molar-refractivity contribution in [2.75, 3.05) is 14.2 Å². The monoisotopic (exact) mass is 607 g/mol. The minimum atomic E-state index is -1.52. The van der Waals surface area contributed by atoms with Gasteiger partial charge >= 0.3 is 5.97 Å². The van der Waals surface area contributed by atoms with Gasteiger partial charge in [0, 0.05) is 50.9 Å². The van der Waals surface area contributed by atoms with Crippen LogP contribution < -0.4 is 5.32 Å². The number of rotatable bonds is 12. The topological polar surface area (TPSA) is 181 Å². The van der Waals surface area contributed by atoms with Gasteiger partial charge in [0.2, 0.25) is 0 Å². The number of fused-ring (bicyclic) bond motifs is 1. The number of aromatic hydroxyl groups is 2. The number of benzene rings is 1. The van der Waals surface area contributed by atoms with Crippen molar-refractivity contribution in [3.8, 4) is 11.5 Å². The van der Waals surface area contributed by atoms with Crippen molar-refractivity contribution >= 4 is 17.7 Å². The first-order valence-corrected chi connectivity index (χ1v) is 14.3. The number of esters is 1. The van der Waals surface area contributed by atoms with Crippen molar-refractivity contribution in [2.45, 2.75) is 103 Å². The Morgan fingerprint density at radius 2 is 1.79 bits per heavy atom. The third-order valence-corrected chi connectivity index (χ3v) is 8.78. The number of ketones is 1. The maximum absolute atomic E-state index is 13.3. The number of phenolic OH excluding ortho intramolecular Hbond substituents is 2. The quantitative estimate of drug-likeness (QED) is 0.133. The summed E-state index contributed by atoms with van der Waals surface area (Å²) in [7, 11) is 2.72. The molecule has 0 aromatic heterocycles. The van der Waals surface area contributed by atoms with Crippen molar-refractivity contribution in [1.29, 1.82) is 0 Å². The number of aliphatic hydroxyl groups excluding tert-OH is 2. The van der Waals surface area contributed by atoms with Crippen LogP contribution in [-0.2, 0) is 35.0 Å². The van der Waals surface area contributed by atoms with E-state index in [0.717, 1.165) is 11.6 Å². The molecule has 2 aliphatic rings. The maximum atomic E-state index is 13.3. The lowest BCUT2D eigenvalue weighted by Crippen LogP contribution is -2.58. The SMILES string of the molecule is C=C(C)CC(OC)C(O)C(=O)N[C@@H](OC)[C@@H]1CC(=O)C(C)(C)[C@@H](CC(O)C(C)C2Cc3c(C)c(O)cc(O)c3C(=O)O2)O1. The number of phenols is 2. The van der Waals surface area contributed by atoms with E-state index in [9.17, 15) is 34.8 Å². The summed E-state index contributed by atoms with van der Waals surface area (Å²) < 4.78 is 22.5. The molecule has 1 aromatic rings. The van der Waals surface area contributed by atoms with Gasteiger partial charge in [0.05, 0.1) is 18.3 Å². The molecule has 0 aliphatic carbocycles. The van der Waals surface area contributed by atoms with E-state index in [4.69, 9.17) is 18.9 Å². The van der Waals surface area contributed by atoms with Crippen molar-refractivity contribution in [3.05, 3.63) is 34.9 Å². The van der Waals surface area contributed by atoms with Crippen molar-refractivity contribution in [3.63, 3.8) is 0 Å². The number of methoxy groups -OCH3 is 2. The average molecular weight is 608 g/mol. The first kappa shape index (κ1) is 34.5. The molecular weight excluding hydrogens is 562 g/mol. The van der Waals surface area contributed by atoms with Gasteiger partial charge in [0.15, 0.2) is 12.3 Å². The van der Waals surface area contributed by atoms with Gasteiger partial charge in [-0.05, 0) is 31.4 Å². The number of amides is 1. The van der Waals surface area contributed by atoms with Gasteiger partial charge in [-0.3, -0.25) is 9.59 Å². The molecule has 1 aromatic carbocycles. The lowest BCUT2D eigenvalue weighted by Gasteiger charge is -2.44. The van der Waals surface area contributed by atoms with Crippen molar-refractivity contribution < 1.29 is 53.8 Å². The summed E-state index contributed by atoms with van der Waals surface area (Å²) in [5, 5.41) is 44.8. The zero-order valence-corrected chi connectivity index (χ0v) is 25.9. The molecule has 8 atom stereocenters. The predicted molar refractivity (Wildman–Crippen MR) is 154 cm³/mol. The van der Waals surface area contributed by atoms with E-state index in [1.54, 1.807) is 34.6 Å². The molecule has 12 heteroatoms. The van der Waals surface area contributed by atoms with Crippen LogP contribution in [-0.4, -0.2) is 95.2 Å². The molecule has 0 saturated carbocycles. The van der Waals surface area contributed by atoms with E-state index in [1.807, 2.05) is 0 Å². The number of ether oxygens (including phenoxy) is 4. The molecule has 1 fully saturated rings. The fourth-order valence-electron chi connectivity index (χ4n) is 5.65. The Morgan fingerprint density at radius 3 is 2.37 bits per heavy atom. The third kappa shape index (κ3) is 7.38.